The van der Waals surface area contributed by atoms with Crippen LogP contribution in [-0.4, -0.2) is 45.0 Å². The molecule has 0 fully saturated rings. The minimum Gasteiger partial charge on any atom is -0.391 e. The highest BCUT2D eigenvalue weighted by molar-refractivity contribution is 7.32. The molecule has 1 heterocycles. The lowest BCUT2D eigenvalue weighted by atomic mass is 10.2. The second-order valence-electron chi connectivity index (χ2n) is 4.08. The minimum absolute atomic E-state index is 0.474. The van der Waals surface area contributed by atoms with Gasteiger partial charge in [0, 0.05) is 16.8 Å². The minimum atomic E-state index is -2.90. The van der Waals surface area contributed by atoms with Crippen LogP contribution in [0.2, 0.25) is 0 Å². The molecule has 0 aromatic carbocycles. The number of nitrogens with zero attached hydrogens (tertiary/aromatic N) is 1. The topological polar surface area (TPSA) is 131 Å². The van der Waals surface area contributed by atoms with Crippen molar-refractivity contribution in [1.82, 2.24) is 9.55 Å². The molecule has 1 aromatic rings. The average molecular weight is 325 g/mol. The number of nitrogens with one attached hydrogen (secondary N) is 1. The summed E-state index contributed by atoms with van der Waals surface area (Å²) in [6, 6.07) is 1.01. The molecule has 0 spiro atoms. The van der Waals surface area contributed by atoms with Crippen LogP contribution in [0, 0.1) is 0 Å². The number of aromatic nitrogens is 2. The third kappa shape index (κ3) is 5.44. The molecular formula is C10H15FN2O7P+. The molecule has 1 unspecified atom stereocenters. The number of aliphatic hydroxyl groups excluding tert-OH is 1. The number of alkyl halides is 1. The van der Waals surface area contributed by atoms with Crippen molar-refractivity contribution >= 4 is 8.25 Å². The molecule has 3 N–H and O–H groups in total. The number of aromatic amines is 1. The molecule has 0 aliphatic rings. The van der Waals surface area contributed by atoms with Crippen molar-refractivity contribution < 1.29 is 28.2 Å². The van der Waals surface area contributed by atoms with E-state index in [9.17, 15) is 23.7 Å². The molecule has 9 nitrogen and oxygen atoms in total. The first-order valence-electron chi connectivity index (χ1n) is 5.85. The van der Waals surface area contributed by atoms with Crippen LogP contribution in [-0.2, 0) is 13.8 Å². The zero-order chi connectivity index (χ0) is 16.0. The highest BCUT2D eigenvalue weighted by Gasteiger charge is 2.27. The van der Waals surface area contributed by atoms with Gasteiger partial charge in [-0.05, 0) is 6.92 Å². The Kier molecular flexibility index (Phi) is 6.79. The predicted octanol–water partition coefficient (Wildman–Crippen LogP) is -0.563. The quantitative estimate of drug-likeness (QED) is 0.546. The van der Waals surface area contributed by atoms with Crippen molar-refractivity contribution in [3.63, 3.8) is 0 Å². The van der Waals surface area contributed by atoms with Crippen LogP contribution in [0.15, 0.2) is 21.9 Å². The standard InChI is InChI=1S/C10H14FN2O7P/c1-6(14)7(5-19-21(17)18)20-9(4-11)13-3-2-8(15)12-10(13)16/h2-3,6-7,9,14H,4-5H2,1H3,(H-,12,15,16,17,18)/p+1/t6-,7+,9+/m0/s1. The summed E-state index contributed by atoms with van der Waals surface area (Å²) in [6.45, 7) is -0.290. The molecule has 0 aliphatic carbocycles. The Hall–Kier alpha value is -1.45. The van der Waals surface area contributed by atoms with Gasteiger partial charge in [0.25, 0.3) is 5.56 Å². The maximum absolute atomic E-state index is 13.0. The summed E-state index contributed by atoms with van der Waals surface area (Å²) in [4.78, 5) is 33.0. The van der Waals surface area contributed by atoms with Crippen molar-refractivity contribution in [3.05, 3.63) is 33.1 Å². The highest BCUT2D eigenvalue weighted by Crippen LogP contribution is 2.19. The number of H-pyrrole nitrogens is 1. The van der Waals surface area contributed by atoms with E-state index in [4.69, 9.17) is 9.63 Å². The van der Waals surface area contributed by atoms with Crippen LogP contribution in [0.5, 0.6) is 0 Å². The van der Waals surface area contributed by atoms with E-state index in [1.165, 1.54) is 6.92 Å². The molecule has 0 saturated carbocycles. The molecule has 0 amide bonds. The Morgan fingerprint density at radius 1 is 1.52 bits per heavy atom. The summed E-state index contributed by atoms with van der Waals surface area (Å²) in [6.07, 6.45) is -2.67. The molecule has 1 rings (SSSR count). The Balaban J connectivity index is 2.90. The fourth-order valence-electron chi connectivity index (χ4n) is 1.46. The Bertz CT molecular complexity index is 587. The van der Waals surface area contributed by atoms with E-state index in [0.717, 1.165) is 16.8 Å². The van der Waals surface area contributed by atoms with Crippen molar-refractivity contribution in [1.29, 1.82) is 0 Å². The third-order valence-electron chi connectivity index (χ3n) is 2.51. The zero-order valence-electron chi connectivity index (χ0n) is 11.0. The molecule has 11 heteroatoms. The maximum atomic E-state index is 13.0. The van der Waals surface area contributed by atoms with Gasteiger partial charge in [0.05, 0.1) is 6.10 Å². The van der Waals surface area contributed by atoms with Crippen LogP contribution < -0.4 is 11.2 Å². The van der Waals surface area contributed by atoms with E-state index in [0.29, 0.717) is 0 Å². The van der Waals surface area contributed by atoms with Gasteiger partial charge in [0.2, 0.25) is 0 Å². The molecule has 4 atom stereocenters. The van der Waals surface area contributed by atoms with E-state index >= 15 is 0 Å². The number of aliphatic hydroxyl groups is 1. The van der Waals surface area contributed by atoms with Crippen molar-refractivity contribution in [3.8, 4) is 0 Å². The van der Waals surface area contributed by atoms with Crippen molar-refractivity contribution in [2.75, 3.05) is 13.3 Å². The average Bonchev–Trinajstić information content (AvgIpc) is 2.39. The fraction of sp³-hybridized carbons (Fsp3) is 0.600. The largest absolute Gasteiger partial charge is 0.694 e. The highest BCUT2D eigenvalue weighted by atomic mass is 31.1. The first kappa shape index (κ1) is 17.6. The molecule has 0 aliphatic heterocycles. The summed E-state index contributed by atoms with van der Waals surface area (Å²) in [7, 11) is -2.90. The Labute approximate surface area is 118 Å². The molecule has 0 bridgehead atoms. The predicted molar refractivity (Wildman–Crippen MR) is 68.7 cm³/mol. The fourth-order valence-corrected chi connectivity index (χ4v) is 1.74. The van der Waals surface area contributed by atoms with Crippen molar-refractivity contribution in [2.24, 2.45) is 0 Å². The number of halogens is 1. The SMILES string of the molecule is C[C@H](O)[C@@H](CO[P+](=O)O)O[C@H](CF)n1ccc(=O)[nH]c1=O. The normalized spacial score (nSPS) is 16.3. The molecule has 21 heavy (non-hydrogen) atoms. The third-order valence-corrected chi connectivity index (χ3v) is 2.88. The van der Waals surface area contributed by atoms with Crippen LogP contribution >= 0.6 is 8.25 Å². The van der Waals surface area contributed by atoms with E-state index in [1.54, 1.807) is 0 Å². The summed E-state index contributed by atoms with van der Waals surface area (Å²) < 4.78 is 33.9. The Morgan fingerprint density at radius 2 is 2.19 bits per heavy atom. The summed E-state index contributed by atoms with van der Waals surface area (Å²) in [5, 5.41) is 9.48. The van der Waals surface area contributed by atoms with Gasteiger partial charge in [-0.1, -0.05) is 0 Å². The Morgan fingerprint density at radius 3 is 2.67 bits per heavy atom. The van der Waals surface area contributed by atoms with Gasteiger partial charge in [0.1, 0.15) is 19.4 Å². The van der Waals surface area contributed by atoms with Gasteiger partial charge in [0.15, 0.2) is 6.23 Å². The van der Waals surface area contributed by atoms with E-state index < -0.39 is 51.2 Å². The van der Waals surface area contributed by atoms with E-state index in [2.05, 4.69) is 4.52 Å². The molecular weight excluding hydrogens is 310 g/mol. The van der Waals surface area contributed by atoms with Gasteiger partial charge in [-0.3, -0.25) is 14.3 Å². The van der Waals surface area contributed by atoms with Gasteiger partial charge in [-0.2, -0.15) is 0 Å². The number of ether oxygens (including phenoxy) is 1. The second kappa shape index (κ2) is 8.11. The second-order valence-corrected chi connectivity index (χ2v) is 4.81. The first-order chi connectivity index (χ1) is 9.85. The molecule has 0 saturated heterocycles. The van der Waals surface area contributed by atoms with Gasteiger partial charge >= 0.3 is 13.9 Å². The van der Waals surface area contributed by atoms with Gasteiger partial charge in [-0.25, -0.2) is 9.18 Å². The van der Waals surface area contributed by atoms with Crippen LogP contribution in [0.3, 0.4) is 0 Å². The number of hydrogen-bond donors (Lipinski definition) is 3. The molecule has 0 radical (unpaired) electrons. The van der Waals surface area contributed by atoms with E-state index in [1.807, 2.05) is 4.98 Å². The maximum Gasteiger partial charge on any atom is 0.694 e. The van der Waals surface area contributed by atoms with Crippen LogP contribution in [0.25, 0.3) is 0 Å². The zero-order valence-corrected chi connectivity index (χ0v) is 11.9. The van der Waals surface area contributed by atoms with Gasteiger partial charge < -0.3 is 9.84 Å². The number of rotatable bonds is 8. The van der Waals surface area contributed by atoms with Crippen LogP contribution in [0.4, 0.5) is 4.39 Å². The summed E-state index contributed by atoms with van der Waals surface area (Å²) in [5.74, 6) is 0. The van der Waals surface area contributed by atoms with E-state index in [-0.39, 0.29) is 0 Å². The monoisotopic (exact) mass is 325 g/mol. The first-order valence-corrected chi connectivity index (χ1v) is 6.98. The van der Waals surface area contributed by atoms with Gasteiger partial charge in [-0.15, -0.1) is 9.42 Å². The molecule has 1 aromatic heterocycles. The summed E-state index contributed by atoms with van der Waals surface area (Å²) >= 11 is 0. The lowest BCUT2D eigenvalue weighted by molar-refractivity contribution is -0.122. The number of hydrogen-bond acceptors (Lipinski definition) is 6. The summed E-state index contributed by atoms with van der Waals surface area (Å²) in [5.41, 5.74) is -1.54. The smallest absolute Gasteiger partial charge is 0.391 e. The van der Waals surface area contributed by atoms with Crippen molar-refractivity contribution in [2.45, 2.75) is 25.4 Å². The van der Waals surface area contributed by atoms with Crippen LogP contribution in [0.1, 0.15) is 13.2 Å². The lowest BCUT2D eigenvalue weighted by Crippen LogP contribution is -2.39. The molecule has 118 valence electrons. The lowest BCUT2D eigenvalue weighted by Gasteiger charge is -2.24.